The lowest BCUT2D eigenvalue weighted by Gasteiger charge is -2.15. The maximum absolute atomic E-state index is 11.5. The van der Waals surface area contributed by atoms with Crippen LogP contribution in [0.1, 0.15) is 27.9 Å². The Kier molecular flexibility index (Phi) is 6.51. The van der Waals surface area contributed by atoms with Crippen LogP contribution in [0.15, 0.2) is 79.4 Å². The molecule has 3 rings (SSSR count). The zero-order chi connectivity index (χ0) is 19.9. The molecule has 0 unspecified atom stereocenters. The van der Waals surface area contributed by atoms with Gasteiger partial charge in [-0.25, -0.2) is 4.79 Å². The number of halogens is 1. The van der Waals surface area contributed by atoms with Crippen molar-refractivity contribution >= 4 is 34.5 Å². The average molecular weight is 392 g/mol. The average Bonchev–Trinajstić information content (AvgIpc) is 2.72. The standard InChI is InChI=1S/C24H22ClNO2/c1-17(8-9-18-10-12-19(13-11-18)24(27)28-2)22-15-14-20(25)16-23(22)26-21-6-4-3-5-7-21/h3-7,10-16,26H,1,8-9H2,2H3. The van der Waals surface area contributed by atoms with Crippen LogP contribution in [0, 0.1) is 0 Å². The van der Waals surface area contributed by atoms with E-state index in [-0.39, 0.29) is 5.97 Å². The lowest BCUT2D eigenvalue weighted by atomic mass is 9.97. The number of carbonyl (C=O) groups excluding carboxylic acids is 1. The Balaban J connectivity index is 1.71. The second-order valence-corrected chi connectivity index (χ2v) is 6.91. The third kappa shape index (κ3) is 5.02. The molecular formula is C24H22ClNO2. The first-order valence-corrected chi connectivity index (χ1v) is 9.41. The van der Waals surface area contributed by atoms with Gasteiger partial charge in [0.05, 0.1) is 12.7 Å². The van der Waals surface area contributed by atoms with E-state index < -0.39 is 0 Å². The Morgan fingerprint density at radius 3 is 2.43 bits per heavy atom. The summed E-state index contributed by atoms with van der Waals surface area (Å²) in [6.07, 6.45) is 1.62. The number of hydrogen-bond donors (Lipinski definition) is 1. The Labute approximate surface area is 170 Å². The van der Waals surface area contributed by atoms with Gasteiger partial charge in [0.25, 0.3) is 0 Å². The molecule has 0 atom stereocenters. The third-order valence-corrected chi connectivity index (χ3v) is 4.74. The molecule has 0 aromatic heterocycles. The van der Waals surface area contributed by atoms with Crippen LogP contribution in [0.3, 0.4) is 0 Å². The van der Waals surface area contributed by atoms with Crippen LogP contribution in [-0.4, -0.2) is 13.1 Å². The van der Waals surface area contributed by atoms with Gasteiger partial charge in [0.15, 0.2) is 0 Å². The van der Waals surface area contributed by atoms with Crippen molar-refractivity contribution in [3.63, 3.8) is 0 Å². The molecule has 0 saturated carbocycles. The van der Waals surface area contributed by atoms with Crippen LogP contribution in [0.4, 0.5) is 11.4 Å². The second-order valence-electron chi connectivity index (χ2n) is 6.47. The third-order valence-electron chi connectivity index (χ3n) is 4.51. The van der Waals surface area contributed by atoms with Crippen molar-refractivity contribution in [1.82, 2.24) is 0 Å². The molecule has 3 nitrogen and oxygen atoms in total. The van der Waals surface area contributed by atoms with E-state index >= 15 is 0 Å². The van der Waals surface area contributed by atoms with Gasteiger partial charge < -0.3 is 10.1 Å². The summed E-state index contributed by atoms with van der Waals surface area (Å²) < 4.78 is 4.73. The van der Waals surface area contributed by atoms with Gasteiger partial charge in [0.2, 0.25) is 0 Å². The fourth-order valence-electron chi connectivity index (χ4n) is 2.96. The maximum atomic E-state index is 11.5. The van der Waals surface area contributed by atoms with Crippen LogP contribution >= 0.6 is 11.6 Å². The Morgan fingerprint density at radius 2 is 1.75 bits per heavy atom. The maximum Gasteiger partial charge on any atom is 0.337 e. The fraction of sp³-hybridized carbons (Fsp3) is 0.125. The number of esters is 1. The lowest BCUT2D eigenvalue weighted by Crippen LogP contribution is -2.01. The molecular weight excluding hydrogens is 370 g/mol. The highest BCUT2D eigenvalue weighted by atomic mass is 35.5. The van der Waals surface area contributed by atoms with Gasteiger partial charge >= 0.3 is 5.97 Å². The number of para-hydroxylation sites is 1. The minimum absolute atomic E-state index is 0.325. The Morgan fingerprint density at radius 1 is 1.04 bits per heavy atom. The Bertz CT molecular complexity index is 966. The van der Waals surface area contributed by atoms with Crippen LogP contribution in [0.5, 0.6) is 0 Å². The first-order valence-electron chi connectivity index (χ1n) is 9.04. The van der Waals surface area contributed by atoms with Gasteiger partial charge in [-0.3, -0.25) is 0 Å². The number of methoxy groups -OCH3 is 1. The van der Waals surface area contributed by atoms with E-state index in [1.807, 2.05) is 60.7 Å². The van der Waals surface area contributed by atoms with Crippen LogP contribution < -0.4 is 5.32 Å². The van der Waals surface area contributed by atoms with Gasteiger partial charge in [-0.1, -0.05) is 54.6 Å². The molecule has 0 aliphatic rings. The number of carbonyl (C=O) groups is 1. The van der Waals surface area contributed by atoms with Gasteiger partial charge in [-0.2, -0.15) is 0 Å². The molecule has 0 spiro atoms. The first kappa shape index (κ1) is 19.7. The molecule has 0 saturated heterocycles. The molecule has 4 heteroatoms. The minimum Gasteiger partial charge on any atom is -0.465 e. The summed E-state index contributed by atoms with van der Waals surface area (Å²) in [6, 6.07) is 23.2. The predicted molar refractivity (Wildman–Crippen MR) is 116 cm³/mol. The minimum atomic E-state index is -0.325. The molecule has 0 fully saturated rings. The van der Waals surface area contributed by atoms with E-state index in [1.54, 1.807) is 12.1 Å². The first-order chi connectivity index (χ1) is 13.6. The van der Waals surface area contributed by atoms with Crippen molar-refractivity contribution in [1.29, 1.82) is 0 Å². The zero-order valence-electron chi connectivity index (χ0n) is 15.7. The summed E-state index contributed by atoms with van der Waals surface area (Å²) in [5, 5.41) is 4.10. The van der Waals surface area contributed by atoms with E-state index in [9.17, 15) is 4.79 Å². The van der Waals surface area contributed by atoms with E-state index in [4.69, 9.17) is 16.3 Å². The number of benzene rings is 3. The van der Waals surface area contributed by atoms with Crippen molar-refractivity contribution in [2.75, 3.05) is 12.4 Å². The molecule has 0 heterocycles. The summed E-state index contributed by atoms with van der Waals surface area (Å²) in [5.41, 5.74) is 5.69. The number of rotatable bonds is 7. The molecule has 1 N–H and O–H groups in total. The summed E-state index contributed by atoms with van der Waals surface area (Å²) in [4.78, 5) is 11.5. The molecule has 0 aliphatic heterocycles. The molecule has 0 aliphatic carbocycles. The van der Waals surface area contributed by atoms with Gasteiger partial charge in [0, 0.05) is 22.0 Å². The SMILES string of the molecule is C=C(CCc1ccc(C(=O)OC)cc1)c1ccc(Cl)cc1Nc1ccccc1. The van der Waals surface area contributed by atoms with E-state index in [2.05, 4.69) is 11.9 Å². The number of aryl methyl sites for hydroxylation is 1. The summed E-state index contributed by atoms with van der Waals surface area (Å²) in [6.45, 7) is 4.27. The molecule has 142 valence electrons. The van der Waals surface area contributed by atoms with E-state index in [0.29, 0.717) is 10.6 Å². The van der Waals surface area contributed by atoms with Crippen molar-refractivity contribution in [2.24, 2.45) is 0 Å². The molecule has 0 radical (unpaired) electrons. The van der Waals surface area contributed by atoms with Crippen LogP contribution in [0.25, 0.3) is 5.57 Å². The predicted octanol–water partition coefficient (Wildman–Crippen LogP) is 6.52. The summed E-state index contributed by atoms with van der Waals surface area (Å²) >= 11 is 6.21. The van der Waals surface area contributed by atoms with Gasteiger partial charge in [0.1, 0.15) is 0 Å². The zero-order valence-corrected chi connectivity index (χ0v) is 16.5. The van der Waals surface area contributed by atoms with Gasteiger partial charge in [-0.15, -0.1) is 0 Å². The van der Waals surface area contributed by atoms with Gasteiger partial charge in [-0.05, 0) is 60.4 Å². The number of hydrogen-bond acceptors (Lipinski definition) is 3. The van der Waals surface area contributed by atoms with Crippen molar-refractivity contribution in [3.8, 4) is 0 Å². The summed E-state index contributed by atoms with van der Waals surface area (Å²) in [7, 11) is 1.38. The monoisotopic (exact) mass is 391 g/mol. The summed E-state index contributed by atoms with van der Waals surface area (Å²) in [5.74, 6) is -0.325. The van der Waals surface area contributed by atoms with Crippen LogP contribution in [-0.2, 0) is 11.2 Å². The highest BCUT2D eigenvalue weighted by Gasteiger charge is 2.09. The normalized spacial score (nSPS) is 10.4. The molecule has 3 aromatic rings. The quantitative estimate of drug-likeness (QED) is 0.466. The highest BCUT2D eigenvalue weighted by molar-refractivity contribution is 6.31. The molecule has 0 bridgehead atoms. The molecule has 28 heavy (non-hydrogen) atoms. The number of nitrogens with one attached hydrogen (secondary N) is 1. The lowest BCUT2D eigenvalue weighted by molar-refractivity contribution is 0.0600. The van der Waals surface area contributed by atoms with Crippen molar-refractivity contribution in [2.45, 2.75) is 12.8 Å². The second kappa shape index (κ2) is 9.25. The number of anilines is 2. The Hall–Kier alpha value is -3.04. The van der Waals surface area contributed by atoms with E-state index in [1.165, 1.54) is 7.11 Å². The topological polar surface area (TPSA) is 38.3 Å². The smallest absolute Gasteiger partial charge is 0.337 e. The highest BCUT2D eigenvalue weighted by Crippen LogP contribution is 2.31. The van der Waals surface area contributed by atoms with Crippen molar-refractivity contribution < 1.29 is 9.53 Å². The molecule has 3 aromatic carbocycles. The molecule has 0 amide bonds. The van der Waals surface area contributed by atoms with Crippen LogP contribution in [0.2, 0.25) is 5.02 Å². The largest absolute Gasteiger partial charge is 0.465 e. The number of ether oxygens (including phenoxy) is 1. The fourth-order valence-corrected chi connectivity index (χ4v) is 3.13. The number of allylic oxidation sites excluding steroid dienone is 1. The van der Waals surface area contributed by atoms with Crippen molar-refractivity contribution in [3.05, 3.63) is 101 Å². The van der Waals surface area contributed by atoms with E-state index in [0.717, 1.165) is 40.9 Å².